The number of carboxylic acids is 1. The number of rotatable bonds is 4. The van der Waals surface area contributed by atoms with Crippen LogP contribution in [0.25, 0.3) is 0 Å². The molecule has 104 valence electrons. The summed E-state index contributed by atoms with van der Waals surface area (Å²) in [7, 11) is 0. The Morgan fingerprint density at radius 3 is 2.74 bits per heavy atom. The molecule has 1 aromatic rings. The molecule has 1 fully saturated rings. The number of hydrogen-bond donors (Lipinski definition) is 1. The lowest BCUT2D eigenvalue weighted by Crippen LogP contribution is -2.42. The van der Waals surface area contributed by atoms with Crippen molar-refractivity contribution in [2.24, 2.45) is 0 Å². The summed E-state index contributed by atoms with van der Waals surface area (Å²) in [6.45, 7) is 7.09. The van der Waals surface area contributed by atoms with Crippen LogP contribution in [0.1, 0.15) is 43.7 Å². The molecule has 2 rings (SSSR count). The van der Waals surface area contributed by atoms with E-state index in [0.29, 0.717) is 18.4 Å². The van der Waals surface area contributed by atoms with E-state index in [2.05, 4.69) is 43.0 Å². The molecule has 0 aliphatic carbocycles. The second kappa shape index (κ2) is 5.74. The van der Waals surface area contributed by atoms with Crippen LogP contribution in [0.4, 0.5) is 0 Å². The Hall–Kier alpha value is -1.35. The van der Waals surface area contributed by atoms with Crippen molar-refractivity contribution in [1.82, 2.24) is 4.90 Å². The van der Waals surface area contributed by atoms with E-state index in [1.807, 2.05) is 6.92 Å². The van der Waals surface area contributed by atoms with Crippen molar-refractivity contribution < 1.29 is 9.90 Å². The van der Waals surface area contributed by atoms with E-state index in [4.69, 9.17) is 0 Å². The molecule has 1 saturated heterocycles. The molecular weight excluding hydrogens is 238 g/mol. The summed E-state index contributed by atoms with van der Waals surface area (Å²) in [5.41, 5.74) is 2.68. The molecule has 3 atom stereocenters. The highest BCUT2D eigenvalue weighted by Crippen LogP contribution is 2.34. The highest BCUT2D eigenvalue weighted by molar-refractivity contribution is 5.73. The maximum Gasteiger partial charge on any atom is 0.320 e. The molecule has 1 N–H and O–H groups in total. The molecule has 19 heavy (non-hydrogen) atoms. The number of benzene rings is 1. The number of aliphatic carboxylic acids is 1. The zero-order valence-electron chi connectivity index (χ0n) is 12.0. The van der Waals surface area contributed by atoms with E-state index in [-0.39, 0.29) is 6.04 Å². The van der Waals surface area contributed by atoms with Gasteiger partial charge in [0.25, 0.3) is 0 Å². The Balaban J connectivity index is 2.17. The molecule has 0 unspecified atom stereocenters. The average molecular weight is 261 g/mol. The number of nitrogens with zero attached hydrogens (tertiary/aromatic N) is 1. The molecular formula is C16H23NO2. The maximum atomic E-state index is 11.3. The van der Waals surface area contributed by atoms with E-state index in [0.717, 1.165) is 13.0 Å². The summed E-state index contributed by atoms with van der Waals surface area (Å²) in [4.78, 5) is 13.5. The minimum Gasteiger partial charge on any atom is -0.480 e. The molecule has 1 aromatic carbocycles. The normalized spacial score (nSPS) is 25.4. The van der Waals surface area contributed by atoms with Crippen molar-refractivity contribution in [1.29, 1.82) is 0 Å². The van der Waals surface area contributed by atoms with Gasteiger partial charge in [-0.2, -0.15) is 0 Å². The lowest BCUT2D eigenvalue weighted by atomic mass is 9.93. The quantitative estimate of drug-likeness (QED) is 0.905. The number of aryl methyl sites for hydroxylation is 1. The van der Waals surface area contributed by atoms with Crippen molar-refractivity contribution in [3.8, 4) is 0 Å². The zero-order chi connectivity index (χ0) is 14.0. The predicted molar refractivity (Wildman–Crippen MR) is 76.4 cm³/mol. The van der Waals surface area contributed by atoms with Gasteiger partial charge in [0.1, 0.15) is 6.04 Å². The predicted octanol–water partition coefficient (Wildman–Crippen LogP) is 3.04. The molecule has 1 heterocycles. The molecule has 1 aliphatic rings. The van der Waals surface area contributed by atoms with Crippen LogP contribution >= 0.6 is 0 Å². The van der Waals surface area contributed by atoms with Gasteiger partial charge in [0, 0.05) is 12.6 Å². The second-order valence-electron chi connectivity index (χ2n) is 5.60. The van der Waals surface area contributed by atoms with E-state index in [1.165, 1.54) is 11.1 Å². The molecule has 0 radical (unpaired) electrons. The van der Waals surface area contributed by atoms with Gasteiger partial charge in [-0.05, 0) is 43.7 Å². The summed E-state index contributed by atoms with van der Waals surface area (Å²) in [5, 5.41) is 9.32. The van der Waals surface area contributed by atoms with Crippen LogP contribution in [0.3, 0.4) is 0 Å². The van der Waals surface area contributed by atoms with Crippen molar-refractivity contribution in [3.63, 3.8) is 0 Å². The third-order valence-electron chi connectivity index (χ3n) is 4.32. The van der Waals surface area contributed by atoms with Gasteiger partial charge in [-0.3, -0.25) is 9.69 Å². The van der Waals surface area contributed by atoms with Crippen molar-refractivity contribution in [3.05, 3.63) is 35.4 Å². The average Bonchev–Trinajstić information content (AvgIpc) is 2.72. The molecule has 3 heteroatoms. The van der Waals surface area contributed by atoms with E-state index in [1.54, 1.807) is 0 Å². The molecule has 0 saturated carbocycles. The first-order valence-electron chi connectivity index (χ1n) is 7.08. The molecule has 0 amide bonds. The minimum atomic E-state index is -0.695. The number of hydrogen-bond acceptors (Lipinski definition) is 2. The third kappa shape index (κ3) is 2.81. The standard InChI is InChI=1S/C16H23NO2/c1-4-15(16(18)19)17-10-13(9-12(17)3)14-8-6-5-7-11(14)2/h5-8,12-13,15H,4,9-10H2,1-3H3,(H,18,19)/t12-,13-,15+/m0/s1. The van der Waals surface area contributed by atoms with Crippen molar-refractivity contribution in [2.75, 3.05) is 6.54 Å². The van der Waals surface area contributed by atoms with Crippen LogP contribution < -0.4 is 0 Å². The van der Waals surface area contributed by atoms with Crippen LogP contribution in [-0.2, 0) is 4.79 Å². The first-order chi connectivity index (χ1) is 9.04. The van der Waals surface area contributed by atoms with Crippen LogP contribution in [0, 0.1) is 6.92 Å². The Labute approximate surface area is 115 Å². The fraction of sp³-hybridized carbons (Fsp3) is 0.562. The van der Waals surface area contributed by atoms with Gasteiger partial charge in [-0.15, -0.1) is 0 Å². The highest BCUT2D eigenvalue weighted by Gasteiger charge is 2.37. The molecule has 0 bridgehead atoms. The molecule has 0 aromatic heterocycles. The molecule has 0 spiro atoms. The largest absolute Gasteiger partial charge is 0.480 e. The Kier molecular flexibility index (Phi) is 4.25. The summed E-state index contributed by atoms with van der Waals surface area (Å²) < 4.78 is 0. The fourth-order valence-electron chi connectivity index (χ4n) is 3.31. The first kappa shape index (κ1) is 14.1. The maximum absolute atomic E-state index is 11.3. The topological polar surface area (TPSA) is 40.5 Å². The smallest absolute Gasteiger partial charge is 0.320 e. The molecule has 1 aliphatic heterocycles. The monoisotopic (exact) mass is 261 g/mol. The number of likely N-dealkylation sites (tertiary alicyclic amines) is 1. The van der Waals surface area contributed by atoms with Crippen molar-refractivity contribution >= 4 is 5.97 Å². The van der Waals surface area contributed by atoms with Gasteiger partial charge < -0.3 is 5.11 Å². The number of carbonyl (C=O) groups is 1. The van der Waals surface area contributed by atoms with Gasteiger partial charge in [-0.1, -0.05) is 31.2 Å². The Morgan fingerprint density at radius 1 is 1.47 bits per heavy atom. The van der Waals surface area contributed by atoms with Gasteiger partial charge in [0.05, 0.1) is 0 Å². The third-order valence-corrected chi connectivity index (χ3v) is 4.32. The van der Waals surface area contributed by atoms with E-state index < -0.39 is 5.97 Å². The number of carboxylic acid groups (broad SMARTS) is 1. The second-order valence-corrected chi connectivity index (χ2v) is 5.60. The Morgan fingerprint density at radius 2 is 2.16 bits per heavy atom. The Bertz CT molecular complexity index is 458. The SMILES string of the molecule is CC[C@H](C(=O)O)N1C[C@@H](c2ccccc2C)C[C@@H]1C. The lowest BCUT2D eigenvalue weighted by Gasteiger charge is -2.27. The van der Waals surface area contributed by atoms with Crippen LogP contribution in [0.5, 0.6) is 0 Å². The van der Waals surface area contributed by atoms with Gasteiger partial charge in [0.15, 0.2) is 0 Å². The first-order valence-corrected chi connectivity index (χ1v) is 7.08. The highest BCUT2D eigenvalue weighted by atomic mass is 16.4. The summed E-state index contributed by atoms with van der Waals surface area (Å²) >= 11 is 0. The van der Waals surface area contributed by atoms with Gasteiger partial charge >= 0.3 is 5.97 Å². The van der Waals surface area contributed by atoms with E-state index in [9.17, 15) is 9.90 Å². The summed E-state index contributed by atoms with van der Waals surface area (Å²) in [5.74, 6) is -0.232. The minimum absolute atomic E-state index is 0.339. The van der Waals surface area contributed by atoms with Gasteiger partial charge in [-0.25, -0.2) is 0 Å². The summed E-state index contributed by atoms with van der Waals surface area (Å²) in [6, 6.07) is 8.44. The van der Waals surface area contributed by atoms with Crippen LogP contribution in [-0.4, -0.2) is 34.6 Å². The fourth-order valence-corrected chi connectivity index (χ4v) is 3.31. The van der Waals surface area contributed by atoms with Crippen LogP contribution in [0.2, 0.25) is 0 Å². The van der Waals surface area contributed by atoms with Crippen molar-refractivity contribution in [2.45, 2.75) is 51.6 Å². The summed E-state index contributed by atoms with van der Waals surface area (Å²) in [6.07, 6.45) is 1.72. The van der Waals surface area contributed by atoms with Gasteiger partial charge in [0.2, 0.25) is 0 Å². The molecule has 3 nitrogen and oxygen atoms in total. The lowest BCUT2D eigenvalue weighted by molar-refractivity contribution is -0.143. The zero-order valence-corrected chi connectivity index (χ0v) is 12.0. The van der Waals surface area contributed by atoms with Crippen LogP contribution in [0.15, 0.2) is 24.3 Å². The van der Waals surface area contributed by atoms with E-state index >= 15 is 0 Å².